The Bertz CT molecular complexity index is 708. The molecule has 0 atom stereocenters. The summed E-state index contributed by atoms with van der Waals surface area (Å²) >= 11 is 5.93. The summed E-state index contributed by atoms with van der Waals surface area (Å²) < 4.78 is 1.82. The highest BCUT2D eigenvalue weighted by Crippen LogP contribution is 2.20. The van der Waals surface area contributed by atoms with Gasteiger partial charge in [0.25, 0.3) is 0 Å². The number of hydrogen-bond acceptors (Lipinski definition) is 4. The second-order valence-electron chi connectivity index (χ2n) is 4.21. The number of nitrogens with zero attached hydrogens (tertiary/aromatic N) is 4. The lowest BCUT2D eigenvalue weighted by Crippen LogP contribution is -2.03. The first-order chi connectivity index (χ1) is 9.24. The topological polar surface area (TPSA) is 55.6 Å². The predicted molar refractivity (Wildman–Crippen MR) is 75.1 cm³/mol. The molecule has 0 amide bonds. The molecule has 0 unspecified atom stereocenters. The van der Waals surface area contributed by atoms with Gasteiger partial charge in [0.05, 0.1) is 6.33 Å². The third-order valence-electron chi connectivity index (χ3n) is 2.84. The minimum absolute atomic E-state index is 0.215. The minimum Gasteiger partial charge on any atom is -0.364 e. The molecule has 0 bridgehead atoms. The van der Waals surface area contributed by atoms with Crippen LogP contribution in [0.15, 0.2) is 36.7 Å². The van der Waals surface area contributed by atoms with Gasteiger partial charge >= 0.3 is 0 Å². The highest BCUT2D eigenvalue weighted by Gasteiger charge is 2.10. The molecule has 19 heavy (non-hydrogen) atoms. The van der Waals surface area contributed by atoms with Crippen molar-refractivity contribution in [1.29, 1.82) is 0 Å². The molecule has 0 aliphatic carbocycles. The van der Waals surface area contributed by atoms with E-state index in [1.807, 2.05) is 41.9 Å². The smallest absolute Gasteiger partial charge is 0.226 e. The quantitative estimate of drug-likeness (QED) is 0.746. The number of aryl methyl sites for hydroxylation is 1. The van der Waals surface area contributed by atoms with Gasteiger partial charge in [0.15, 0.2) is 17.0 Å². The lowest BCUT2D eigenvalue weighted by molar-refractivity contribution is 0.928. The van der Waals surface area contributed by atoms with Crippen LogP contribution in [0.25, 0.3) is 11.2 Å². The molecule has 2 heterocycles. The number of fused-ring (bicyclic) bond motifs is 1. The van der Waals surface area contributed by atoms with Gasteiger partial charge in [-0.2, -0.15) is 9.97 Å². The average Bonchev–Trinajstić information content (AvgIpc) is 2.79. The molecule has 3 aromatic rings. The van der Waals surface area contributed by atoms with Gasteiger partial charge in [-0.25, -0.2) is 4.98 Å². The highest BCUT2D eigenvalue weighted by molar-refractivity contribution is 6.28. The normalized spacial score (nSPS) is 10.8. The summed E-state index contributed by atoms with van der Waals surface area (Å²) in [7, 11) is 1.87. The Kier molecular flexibility index (Phi) is 3.05. The van der Waals surface area contributed by atoms with Crippen LogP contribution >= 0.6 is 11.6 Å². The fraction of sp³-hybridized carbons (Fsp3) is 0.154. The standard InChI is InChI=1S/C13H12ClN5/c1-19-8-16-10-11(17-13(14)18-12(10)19)15-7-9-5-3-2-4-6-9/h2-6,8H,7H2,1H3,(H,15,17,18). The maximum absolute atomic E-state index is 5.93. The zero-order valence-electron chi connectivity index (χ0n) is 10.3. The molecule has 0 aliphatic heterocycles. The Morgan fingerprint density at radius 1 is 1.21 bits per heavy atom. The van der Waals surface area contributed by atoms with Crippen LogP contribution in [-0.4, -0.2) is 19.5 Å². The maximum Gasteiger partial charge on any atom is 0.226 e. The van der Waals surface area contributed by atoms with E-state index in [1.54, 1.807) is 6.33 Å². The Hall–Kier alpha value is -2.14. The fourth-order valence-electron chi connectivity index (χ4n) is 1.89. The first kappa shape index (κ1) is 11.9. The first-order valence-electron chi connectivity index (χ1n) is 5.86. The molecule has 2 aromatic heterocycles. The van der Waals surface area contributed by atoms with Crippen LogP contribution in [0.5, 0.6) is 0 Å². The second kappa shape index (κ2) is 4.85. The SMILES string of the molecule is Cn1cnc2c(NCc3ccccc3)nc(Cl)nc21. The number of aromatic nitrogens is 4. The maximum atomic E-state index is 5.93. The number of benzene rings is 1. The number of nitrogens with one attached hydrogen (secondary N) is 1. The van der Waals surface area contributed by atoms with Crippen LogP contribution in [0.4, 0.5) is 5.82 Å². The number of imidazole rings is 1. The van der Waals surface area contributed by atoms with E-state index in [2.05, 4.69) is 20.3 Å². The molecule has 96 valence electrons. The molecule has 0 spiro atoms. The summed E-state index contributed by atoms with van der Waals surface area (Å²) in [6.07, 6.45) is 1.70. The first-order valence-corrected chi connectivity index (χ1v) is 6.24. The molecular formula is C13H12ClN5. The summed E-state index contributed by atoms with van der Waals surface area (Å²) in [4.78, 5) is 12.7. The summed E-state index contributed by atoms with van der Waals surface area (Å²) in [5.74, 6) is 0.652. The Labute approximate surface area is 115 Å². The lowest BCUT2D eigenvalue weighted by Gasteiger charge is -2.06. The Balaban J connectivity index is 1.92. The third kappa shape index (κ3) is 2.37. The number of rotatable bonds is 3. The molecule has 5 nitrogen and oxygen atoms in total. The van der Waals surface area contributed by atoms with E-state index >= 15 is 0 Å². The van der Waals surface area contributed by atoms with Crippen molar-refractivity contribution < 1.29 is 0 Å². The molecule has 0 aliphatic rings. The van der Waals surface area contributed by atoms with Crippen LogP contribution in [0.2, 0.25) is 5.28 Å². The van der Waals surface area contributed by atoms with Gasteiger partial charge in [0.1, 0.15) is 0 Å². The predicted octanol–water partition coefficient (Wildman–Crippen LogP) is 2.63. The molecule has 1 N–H and O–H groups in total. The van der Waals surface area contributed by atoms with Gasteiger partial charge < -0.3 is 9.88 Å². The van der Waals surface area contributed by atoms with Crippen LogP contribution in [0.1, 0.15) is 5.56 Å². The van der Waals surface area contributed by atoms with Crippen molar-refractivity contribution in [2.24, 2.45) is 7.05 Å². The van der Waals surface area contributed by atoms with Crippen molar-refractivity contribution in [3.63, 3.8) is 0 Å². The zero-order chi connectivity index (χ0) is 13.2. The van der Waals surface area contributed by atoms with E-state index < -0.39 is 0 Å². The van der Waals surface area contributed by atoms with E-state index in [9.17, 15) is 0 Å². The van der Waals surface area contributed by atoms with Gasteiger partial charge in [0.2, 0.25) is 5.28 Å². The van der Waals surface area contributed by atoms with Gasteiger partial charge in [-0.1, -0.05) is 30.3 Å². The van der Waals surface area contributed by atoms with Gasteiger partial charge in [-0.05, 0) is 17.2 Å². The largest absolute Gasteiger partial charge is 0.364 e. The summed E-state index contributed by atoms with van der Waals surface area (Å²) in [5, 5.41) is 3.46. The van der Waals surface area contributed by atoms with Crippen LogP contribution in [0.3, 0.4) is 0 Å². The fourth-order valence-corrected chi connectivity index (χ4v) is 2.05. The molecule has 3 rings (SSSR count). The van der Waals surface area contributed by atoms with Crippen LogP contribution in [0, 0.1) is 0 Å². The van der Waals surface area contributed by atoms with Crippen LogP contribution < -0.4 is 5.32 Å². The molecule has 0 fully saturated rings. The molecule has 0 radical (unpaired) electrons. The minimum atomic E-state index is 0.215. The molecule has 1 aromatic carbocycles. The zero-order valence-corrected chi connectivity index (χ0v) is 11.1. The van der Waals surface area contributed by atoms with Gasteiger partial charge in [-0.15, -0.1) is 0 Å². The average molecular weight is 274 g/mol. The summed E-state index contributed by atoms with van der Waals surface area (Å²) in [6.45, 7) is 0.667. The lowest BCUT2D eigenvalue weighted by atomic mass is 10.2. The van der Waals surface area contributed by atoms with Crippen molar-refractivity contribution >= 4 is 28.6 Å². The van der Waals surface area contributed by atoms with Crippen molar-refractivity contribution in [2.45, 2.75) is 6.54 Å². The second-order valence-corrected chi connectivity index (χ2v) is 4.55. The van der Waals surface area contributed by atoms with E-state index in [0.29, 0.717) is 12.4 Å². The van der Waals surface area contributed by atoms with Crippen LogP contribution in [-0.2, 0) is 13.6 Å². The molecular weight excluding hydrogens is 262 g/mol. The van der Waals surface area contributed by atoms with E-state index in [4.69, 9.17) is 11.6 Å². The van der Waals surface area contributed by atoms with Gasteiger partial charge in [-0.3, -0.25) is 0 Å². The van der Waals surface area contributed by atoms with E-state index in [1.165, 1.54) is 5.56 Å². The van der Waals surface area contributed by atoms with E-state index in [-0.39, 0.29) is 5.28 Å². The summed E-state index contributed by atoms with van der Waals surface area (Å²) in [5.41, 5.74) is 2.61. The van der Waals surface area contributed by atoms with Crippen molar-refractivity contribution in [3.05, 3.63) is 47.5 Å². The molecule has 0 saturated carbocycles. The number of anilines is 1. The number of halogens is 1. The summed E-state index contributed by atoms with van der Waals surface area (Å²) in [6, 6.07) is 10.1. The van der Waals surface area contributed by atoms with Crippen molar-refractivity contribution in [3.8, 4) is 0 Å². The Morgan fingerprint density at radius 3 is 2.79 bits per heavy atom. The molecule has 6 heteroatoms. The van der Waals surface area contributed by atoms with Crippen molar-refractivity contribution in [2.75, 3.05) is 5.32 Å². The van der Waals surface area contributed by atoms with Crippen molar-refractivity contribution in [1.82, 2.24) is 19.5 Å². The highest BCUT2D eigenvalue weighted by atomic mass is 35.5. The monoisotopic (exact) mass is 273 g/mol. The Morgan fingerprint density at radius 2 is 2.00 bits per heavy atom. The van der Waals surface area contributed by atoms with Gasteiger partial charge in [0, 0.05) is 13.6 Å². The van der Waals surface area contributed by atoms with E-state index in [0.717, 1.165) is 11.2 Å². The number of hydrogen-bond donors (Lipinski definition) is 1. The molecule has 0 saturated heterocycles. The third-order valence-corrected chi connectivity index (χ3v) is 3.00.